The van der Waals surface area contributed by atoms with E-state index in [4.69, 9.17) is 14.7 Å². The number of azo groups is 1. The number of hydrogen-bond acceptors (Lipinski definition) is 7. The molecule has 194 valence electrons. The van der Waals surface area contributed by atoms with E-state index in [1.54, 1.807) is 6.07 Å². The highest BCUT2D eigenvalue weighted by Gasteiger charge is 2.17. The Morgan fingerprint density at radius 3 is 2.54 bits per heavy atom. The first kappa shape index (κ1) is 24.5. The molecule has 1 aliphatic heterocycles. The molecule has 39 heavy (non-hydrogen) atoms. The molecule has 0 N–H and O–H groups in total. The van der Waals surface area contributed by atoms with Crippen molar-refractivity contribution in [1.82, 2.24) is 19.5 Å². The number of aliphatic imine (C=N–C) groups is 1. The van der Waals surface area contributed by atoms with Gasteiger partial charge >= 0.3 is 0 Å². The normalized spacial score (nSPS) is 12.8. The number of hydrogen-bond donors (Lipinski definition) is 0. The fourth-order valence-electron chi connectivity index (χ4n) is 4.81. The van der Waals surface area contributed by atoms with E-state index in [1.165, 1.54) is 18.3 Å². The summed E-state index contributed by atoms with van der Waals surface area (Å²) in [5.74, 6) is 1.88. The van der Waals surface area contributed by atoms with Crippen LogP contribution in [0.5, 0.6) is 11.6 Å². The average Bonchev–Trinajstić information content (AvgIpc) is 3.58. The summed E-state index contributed by atoms with van der Waals surface area (Å²) >= 11 is 0. The maximum atomic E-state index is 13.7. The lowest BCUT2D eigenvalue weighted by Crippen LogP contribution is -2.06. The highest BCUT2D eigenvalue weighted by atomic mass is 19.1. The lowest BCUT2D eigenvalue weighted by molar-refractivity contribution is 0.457. The Kier molecular flexibility index (Phi) is 6.40. The van der Waals surface area contributed by atoms with Gasteiger partial charge in [0, 0.05) is 29.9 Å². The second-order valence-electron chi connectivity index (χ2n) is 9.40. The topological polar surface area (TPSA) is 89.9 Å². The summed E-state index contributed by atoms with van der Waals surface area (Å²) in [6.07, 6.45) is 2.19. The third kappa shape index (κ3) is 4.90. The number of imidazole rings is 1. The molecule has 1 aliphatic rings. The molecule has 3 aromatic heterocycles. The van der Waals surface area contributed by atoms with E-state index in [1.807, 2.05) is 19.1 Å². The van der Waals surface area contributed by atoms with Crippen LogP contribution in [0.25, 0.3) is 22.3 Å². The predicted octanol–water partition coefficient (Wildman–Crippen LogP) is 6.82. The Hall–Kier alpha value is -4.79. The first-order chi connectivity index (χ1) is 19.0. The van der Waals surface area contributed by atoms with Gasteiger partial charge in [0.2, 0.25) is 5.88 Å². The minimum atomic E-state index is -0.412. The van der Waals surface area contributed by atoms with E-state index in [9.17, 15) is 4.39 Å². The lowest BCUT2D eigenvalue weighted by Gasteiger charge is -2.13. The molecule has 0 fully saturated rings. The molecule has 5 aromatic rings. The number of fused-ring (bicyclic) bond motifs is 1. The predicted molar refractivity (Wildman–Crippen MR) is 148 cm³/mol. The summed E-state index contributed by atoms with van der Waals surface area (Å²) in [5, 5.41) is 8.21. The Balaban J connectivity index is 1.35. The van der Waals surface area contributed by atoms with Gasteiger partial charge in [0.25, 0.3) is 0 Å². The van der Waals surface area contributed by atoms with Gasteiger partial charge in [-0.1, -0.05) is 31.2 Å². The summed E-state index contributed by atoms with van der Waals surface area (Å²) in [6, 6.07) is 18.5. The zero-order valence-electron chi connectivity index (χ0n) is 21.9. The molecule has 0 unspecified atom stereocenters. The van der Waals surface area contributed by atoms with Crippen molar-refractivity contribution in [3.63, 3.8) is 0 Å². The first-order valence-electron chi connectivity index (χ1n) is 12.8. The van der Waals surface area contributed by atoms with Gasteiger partial charge in [0.1, 0.15) is 22.9 Å². The smallest absolute Gasteiger partial charge is 0.222 e. The first-order valence-corrected chi connectivity index (χ1v) is 12.8. The number of rotatable bonds is 7. The maximum absolute atomic E-state index is 13.7. The molecule has 4 heterocycles. The van der Waals surface area contributed by atoms with Crippen LogP contribution in [0.4, 0.5) is 4.39 Å². The molecule has 2 aromatic carbocycles. The van der Waals surface area contributed by atoms with Crippen molar-refractivity contribution in [2.24, 2.45) is 15.2 Å². The van der Waals surface area contributed by atoms with Crippen molar-refractivity contribution in [2.45, 2.75) is 33.7 Å². The lowest BCUT2D eigenvalue weighted by atomic mass is 9.97. The van der Waals surface area contributed by atoms with E-state index in [0.717, 1.165) is 56.9 Å². The van der Waals surface area contributed by atoms with Crippen molar-refractivity contribution in [2.75, 3.05) is 6.67 Å². The molecule has 0 radical (unpaired) electrons. The van der Waals surface area contributed by atoms with Gasteiger partial charge in [-0.3, -0.25) is 0 Å². The van der Waals surface area contributed by atoms with Crippen molar-refractivity contribution in [3.05, 3.63) is 101 Å². The molecule has 8 nitrogen and oxygen atoms in total. The average molecular weight is 520 g/mol. The number of pyridine rings is 2. The second-order valence-corrected chi connectivity index (χ2v) is 9.40. The fourth-order valence-corrected chi connectivity index (χ4v) is 4.81. The van der Waals surface area contributed by atoms with Crippen LogP contribution in [0.3, 0.4) is 0 Å². The van der Waals surface area contributed by atoms with Gasteiger partial charge in [-0.2, -0.15) is 5.11 Å². The molecule has 0 saturated heterocycles. The molecule has 0 bridgehead atoms. The Morgan fingerprint density at radius 2 is 1.79 bits per heavy atom. The molecular formula is C30H26FN7O. The van der Waals surface area contributed by atoms with E-state index < -0.39 is 5.82 Å². The Morgan fingerprint density at radius 1 is 0.949 bits per heavy atom. The summed E-state index contributed by atoms with van der Waals surface area (Å²) in [7, 11) is 0. The summed E-state index contributed by atoms with van der Waals surface area (Å²) in [6.45, 7) is 7.18. The Labute approximate surface area is 225 Å². The van der Waals surface area contributed by atoms with E-state index in [2.05, 4.69) is 69.0 Å². The minimum Gasteiger partial charge on any atom is -0.439 e. The van der Waals surface area contributed by atoms with Gasteiger partial charge in [-0.25, -0.2) is 24.3 Å². The number of nitrogens with zero attached hydrogens (tertiary/aromatic N) is 7. The van der Waals surface area contributed by atoms with Gasteiger partial charge in [0.15, 0.2) is 18.2 Å². The van der Waals surface area contributed by atoms with Crippen molar-refractivity contribution < 1.29 is 9.13 Å². The largest absolute Gasteiger partial charge is 0.439 e. The number of benzene rings is 2. The van der Waals surface area contributed by atoms with Crippen molar-refractivity contribution in [1.29, 1.82) is 0 Å². The van der Waals surface area contributed by atoms with Crippen molar-refractivity contribution in [3.8, 4) is 22.8 Å². The van der Waals surface area contributed by atoms with Crippen LogP contribution in [-0.4, -0.2) is 32.0 Å². The molecule has 0 aliphatic carbocycles. The number of amidine groups is 1. The van der Waals surface area contributed by atoms with E-state index in [-0.39, 0.29) is 5.88 Å². The number of aromatic nitrogens is 4. The molecule has 0 saturated carbocycles. The maximum Gasteiger partial charge on any atom is 0.222 e. The number of ether oxygens (including phenoxy) is 1. The van der Waals surface area contributed by atoms with Crippen LogP contribution in [0.1, 0.15) is 35.1 Å². The third-order valence-electron chi connectivity index (χ3n) is 6.62. The monoisotopic (exact) mass is 519 g/mol. The molecule has 9 heteroatoms. The van der Waals surface area contributed by atoms with E-state index >= 15 is 0 Å². The Bertz CT molecular complexity index is 1760. The van der Waals surface area contributed by atoms with Gasteiger partial charge < -0.3 is 9.30 Å². The summed E-state index contributed by atoms with van der Waals surface area (Å²) in [5.41, 5.74) is 7.80. The highest BCUT2D eigenvalue weighted by molar-refractivity contribution is 6.05. The quantitative estimate of drug-likeness (QED) is 0.236. The zero-order valence-corrected chi connectivity index (χ0v) is 21.9. The van der Waals surface area contributed by atoms with E-state index in [0.29, 0.717) is 24.8 Å². The van der Waals surface area contributed by atoms with Gasteiger partial charge in [0.05, 0.1) is 6.54 Å². The molecular weight excluding hydrogens is 493 g/mol. The van der Waals surface area contributed by atoms with Crippen LogP contribution in [0.2, 0.25) is 0 Å². The van der Waals surface area contributed by atoms with Crippen LogP contribution in [0.15, 0.2) is 82.1 Å². The van der Waals surface area contributed by atoms with Crippen molar-refractivity contribution >= 4 is 17.0 Å². The standard InChI is InChI=1S/C30H26FN7O/c1-4-26-36-28-18(2)13-19(3)35-30(28)38(26)16-20-5-7-21(8-6-20)25-15-23(39-27-14-22(31)11-12-32-27)9-10-24(25)29-33-17-34-37-29/h5-15H,4,16-17H2,1-3H3. The van der Waals surface area contributed by atoms with Crippen LogP contribution in [0, 0.1) is 19.7 Å². The molecule has 6 rings (SSSR count). The summed E-state index contributed by atoms with van der Waals surface area (Å²) in [4.78, 5) is 18.2. The summed E-state index contributed by atoms with van der Waals surface area (Å²) < 4.78 is 21.7. The molecule has 0 amide bonds. The molecule has 0 atom stereocenters. The zero-order chi connectivity index (χ0) is 26.9. The van der Waals surface area contributed by atoms with Crippen LogP contribution in [-0.2, 0) is 13.0 Å². The highest BCUT2D eigenvalue weighted by Crippen LogP contribution is 2.32. The fraction of sp³-hybridized carbons (Fsp3) is 0.200. The second kappa shape index (κ2) is 10.2. The third-order valence-corrected chi connectivity index (χ3v) is 6.62. The van der Waals surface area contributed by atoms with Gasteiger partial charge in [-0.15, -0.1) is 5.11 Å². The minimum absolute atomic E-state index is 0.181. The molecule has 0 spiro atoms. The number of aryl methyl sites for hydroxylation is 3. The van der Waals surface area contributed by atoms with Crippen LogP contribution < -0.4 is 4.74 Å². The SMILES string of the molecule is CCc1nc2c(C)cc(C)nc2n1Cc1ccc(-c2cc(Oc3cc(F)ccn3)ccc2C2=NCN=N2)cc1. The number of halogens is 1. The van der Waals surface area contributed by atoms with Crippen LogP contribution >= 0.6 is 0 Å². The van der Waals surface area contributed by atoms with Gasteiger partial charge in [-0.05, 0) is 66.4 Å².